The van der Waals surface area contributed by atoms with E-state index in [2.05, 4.69) is 5.32 Å². The van der Waals surface area contributed by atoms with E-state index in [4.69, 9.17) is 23.2 Å². The Morgan fingerprint density at radius 2 is 1.54 bits per heavy atom. The molecule has 2 amide bonds. The predicted molar refractivity (Wildman–Crippen MR) is 144 cm³/mol. The summed E-state index contributed by atoms with van der Waals surface area (Å²) in [6.45, 7) is 6.30. The summed E-state index contributed by atoms with van der Waals surface area (Å²) in [6.07, 6.45) is 1.20. The molecule has 0 aliphatic carbocycles. The van der Waals surface area contributed by atoms with Gasteiger partial charge in [0.2, 0.25) is 11.8 Å². The van der Waals surface area contributed by atoms with E-state index in [9.17, 15) is 9.59 Å². The minimum atomic E-state index is -0.694. The zero-order chi connectivity index (χ0) is 25.4. The molecule has 0 aliphatic heterocycles. The normalized spacial score (nSPS) is 12.6. The van der Waals surface area contributed by atoms with E-state index in [-0.39, 0.29) is 24.3 Å². The third-order valence-corrected chi connectivity index (χ3v) is 6.81. The van der Waals surface area contributed by atoms with Crippen molar-refractivity contribution in [2.24, 2.45) is 0 Å². The number of hydrogen-bond donors (Lipinski definition) is 1. The molecule has 0 saturated heterocycles. The molecule has 3 aromatic rings. The lowest BCUT2D eigenvalue weighted by Gasteiger charge is -2.32. The number of hydrogen-bond acceptors (Lipinski definition) is 2. The van der Waals surface area contributed by atoms with Crippen molar-refractivity contribution in [3.05, 3.63) is 105 Å². The molecule has 6 heteroatoms. The number of aryl methyl sites for hydroxylation is 1. The lowest BCUT2D eigenvalue weighted by Crippen LogP contribution is -2.52. The molecule has 0 saturated carbocycles. The molecule has 0 aliphatic rings. The molecule has 1 N–H and O–H groups in total. The Balaban J connectivity index is 2.01. The molecule has 0 aromatic heterocycles. The first-order chi connectivity index (χ1) is 16.8. The van der Waals surface area contributed by atoms with Gasteiger partial charge in [0, 0.05) is 29.1 Å². The van der Waals surface area contributed by atoms with Crippen LogP contribution in [-0.2, 0) is 29.0 Å². The van der Waals surface area contributed by atoms with Gasteiger partial charge in [-0.25, -0.2) is 0 Å². The third kappa shape index (κ3) is 7.58. The first-order valence-corrected chi connectivity index (χ1v) is 12.7. The quantitative estimate of drug-likeness (QED) is 0.343. The van der Waals surface area contributed by atoms with E-state index in [0.29, 0.717) is 28.6 Å². The topological polar surface area (TPSA) is 49.4 Å². The first-order valence-electron chi connectivity index (χ1n) is 11.9. The Morgan fingerprint density at radius 3 is 2.17 bits per heavy atom. The molecule has 0 spiro atoms. The maximum Gasteiger partial charge on any atom is 0.243 e. The van der Waals surface area contributed by atoms with Gasteiger partial charge in [0.15, 0.2) is 0 Å². The zero-order valence-corrected chi connectivity index (χ0v) is 21.9. The highest BCUT2D eigenvalue weighted by Crippen LogP contribution is 2.26. The first kappa shape index (κ1) is 26.8. The molecule has 0 unspecified atom stereocenters. The maximum atomic E-state index is 13.8. The van der Waals surface area contributed by atoms with Crippen molar-refractivity contribution in [1.29, 1.82) is 0 Å². The van der Waals surface area contributed by atoms with Crippen LogP contribution in [0.15, 0.2) is 72.8 Å². The summed E-state index contributed by atoms with van der Waals surface area (Å²) in [6, 6.07) is 22.2. The third-order valence-electron chi connectivity index (χ3n) is 6.10. The van der Waals surface area contributed by atoms with E-state index < -0.39 is 6.04 Å². The van der Waals surface area contributed by atoms with Crippen LogP contribution < -0.4 is 5.32 Å². The summed E-state index contributed by atoms with van der Waals surface area (Å²) in [5, 5.41) is 3.95. The van der Waals surface area contributed by atoms with Crippen LogP contribution in [0.3, 0.4) is 0 Å². The molecule has 0 fully saturated rings. The van der Waals surface area contributed by atoms with Crippen LogP contribution in [-0.4, -0.2) is 28.8 Å². The van der Waals surface area contributed by atoms with Gasteiger partial charge in [-0.2, -0.15) is 0 Å². The van der Waals surface area contributed by atoms with Crippen LogP contribution in [0.4, 0.5) is 0 Å². The summed E-state index contributed by atoms with van der Waals surface area (Å²) in [5.41, 5.74) is 3.59. The van der Waals surface area contributed by atoms with Gasteiger partial charge in [-0.1, -0.05) is 96.4 Å². The van der Waals surface area contributed by atoms with Crippen LogP contribution in [0.2, 0.25) is 10.0 Å². The van der Waals surface area contributed by atoms with Gasteiger partial charge in [0.05, 0.1) is 6.42 Å². The fourth-order valence-corrected chi connectivity index (χ4v) is 4.49. The van der Waals surface area contributed by atoms with Crippen molar-refractivity contribution in [3.63, 3.8) is 0 Å². The molecule has 3 aromatic carbocycles. The Morgan fingerprint density at radius 1 is 0.914 bits per heavy atom. The summed E-state index contributed by atoms with van der Waals surface area (Å²) in [4.78, 5) is 29.0. The number of carbonyl (C=O) groups excluding carboxylic acids is 2. The molecule has 4 nitrogen and oxygen atoms in total. The average molecular weight is 511 g/mol. The highest BCUT2D eigenvalue weighted by Gasteiger charge is 2.31. The molecule has 3 rings (SSSR count). The molecule has 184 valence electrons. The van der Waals surface area contributed by atoms with Gasteiger partial charge in [-0.05, 0) is 49.1 Å². The van der Waals surface area contributed by atoms with E-state index in [1.54, 1.807) is 23.1 Å². The van der Waals surface area contributed by atoms with Gasteiger partial charge in [-0.3, -0.25) is 9.59 Å². The van der Waals surface area contributed by atoms with Gasteiger partial charge < -0.3 is 10.2 Å². The van der Waals surface area contributed by atoms with E-state index in [1.165, 1.54) is 0 Å². The van der Waals surface area contributed by atoms with Crippen LogP contribution in [0, 0.1) is 6.92 Å². The second-order valence-corrected chi connectivity index (χ2v) is 9.73. The Kier molecular flexibility index (Phi) is 9.76. The monoisotopic (exact) mass is 510 g/mol. The molecule has 0 heterocycles. The van der Waals surface area contributed by atoms with Crippen molar-refractivity contribution in [1.82, 2.24) is 10.2 Å². The number of nitrogens with one attached hydrogen (secondary N) is 1. The summed E-state index contributed by atoms with van der Waals surface area (Å²) < 4.78 is 0. The highest BCUT2D eigenvalue weighted by molar-refractivity contribution is 6.36. The molecule has 2 atom stereocenters. The predicted octanol–water partition coefficient (Wildman–Crippen LogP) is 6.40. The minimum absolute atomic E-state index is 0.00490. The van der Waals surface area contributed by atoms with Gasteiger partial charge in [0.1, 0.15) is 6.04 Å². The van der Waals surface area contributed by atoms with Crippen molar-refractivity contribution < 1.29 is 9.59 Å². The second kappa shape index (κ2) is 12.8. The highest BCUT2D eigenvalue weighted by atomic mass is 35.5. The van der Waals surface area contributed by atoms with Gasteiger partial charge in [0.25, 0.3) is 0 Å². The van der Waals surface area contributed by atoms with Crippen LogP contribution >= 0.6 is 23.2 Å². The molecule has 0 bridgehead atoms. The average Bonchev–Trinajstić information content (AvgIpc) is 2.84. The maximum absolute atomic E-state index is 13.8. The van der Waals surface area contributed by atoms with Crippen molar-refractivity contribution >= 4 is 35.0 Å². The van der Waals surface area contributed by atoms with Gasteiger partial charge >= 0.3 is 0 Å². The number of halogens is 2. The standard InChI is InChI=1S/C29H32Cl2N2O2/c1-4-21(3)32-29(35)27(17-22-11-6-5-7-12-22)33(19-23-13-8-10-20(2)16-23)28(34)18-24-25(30)14-9-15-26(24)31/h5-16,21,27H,4,17-19H2,1-3H3,(H,32,35)/t21-,27+/m1/s1. The smallest absolute Gasteiger partial charge is 0.243 e. The second-order valence-electron chi connectivity index (χ2n) is 8.91. The van der Waals surface area contributed by atoms with Crippen LogP contribution in [0.1, 0.15) is 42.5 Å². The molecule has 35 heavy (non-hydrogen) atoms. The number of amides is 2. The Labute approximate surface area is 218 Å². The number of carbonyl (C=O) groups is 2. The number of rotatable bonds is 10. The molecular formula is C29H32Cl2N2O2. The SMILES string of the molecule is CC[C@@H](C)NC(=O)[C@H](Cc1ccccc1)N(Cc1cccc(C)c1)C(=O)Cc1c(Cl)cccc1Cl. The fraction of sp³-hybridized carbons (Fsp3) is 0.310. The fourth-order valence-electron chi connectivity index (χ4n) is 3.96. The zero-order valence-electron chi connectivity index (χ0n) is 20.4. The lowest BCUT2D eigenvalue weighted by molar-refractivity contribution is -0.141. The van der Waals surface area contributed by atoms with E-state index in [0.717, 1.165) is 23.1 Å². The van der Waals surface area contributed by atoms with Crippen LogP contribution in [0.5, 0.6) is 0 Å². The summed E-state index contributed by atoms with van der Waals surface area (Å²) >= 11 is 12.8. The molecule has 0 radical (unpaired) electrons. The van der Waals surface area contributed by atoms with Crippen molar-refractivity contribution in [3.8, 4) is 0 Å². The van der Waals surface area contributed by atoms with Crippen LogP contribution in [0.25, 0.3) is 0 Å². The van der Waals surface area contributed by atoms with E-state index in [1.807, 2.05) is 75.4 Å². The number of nitrogens with zero attached hydrogens (tertiary/aromatic N) is 1. The Bertz CT molecular complexity index is 1130. The number of benzene rings is 3. The Hall–Kier alpha value is -2.82. The largest absolute Gasteiger partial charge is 0.352 e. The molecular weight excluding hydrogens is 479 g/mol. The minimum Gasteiger partial charge on any atom is -0.352 e. The summed E-state index contributed by atoms with van der Waals surface area (Å²) in [7, 11) is 0. The van der Waals surface area contributed by atoms with Crippen molar-refractivity contribution in [2.75, 3.05) is 0 Å². The summed E-state index contributed by atoms with van der Waals surface area (Å²) in [5.74, 6) is -0.379. The van der Waals surface area contributed by atoms with E-state index >= 15 is 0 Å². The van der Waals surface area contributed by atoms with Crippen molar-refractivity contribution in [2.45, 2.75) is 58.7 Å². The lowest BCUT2D eigenvalue weighted by atomic mass is 10.0. The van der Waals surface area contributed by atoms with Gasteiger partial charge in [-0.15, -0.1) is 0 Å².